The molecule has 322 valence electrons. The molecule has 0 aromatic heterocycles. The molecule has 3 aromatic rings. The number of ketones is 1. The topological polar surface area (TPSA) is 182 Å². The Morgan fingerprint density at radius 3 is 1.93 bits per heavy atom. The van der Waals surface area contributed by atoms with Crippen molar-refractivity contribution in [2.45, 2.75) is 65.6 Å². The number of aliphatic hydroxyl groups is 1. The van der Waals surface area contributed by atoms with E-state index in [1.165, 1.54) is 0 Å². The molecule has 1 aliphatic rings. The van der Waals surface area contributed by atoms with Crippen LogP contribution < -0.4 is 20.9 Å². The van der Waals surface area contributed by atoms with E-state index in [0.717, 1.165) is 27.9 Å². The molecule has 0 fully saturated rings. The van der Waals surface area contributed by atoms with E-state index in [0.29, 0.717) is 51.9 Å². The van der Waals surface area contributed by atoms with Crippen LogP contribution in [0.15, 0.2) is 72.8 Å². The van der Waals surface area contributed by atoms with E-state index in [1.807, 2.05) is 62.4 Å². The zero-order valence-electron chi connectivity index (χ0n) is 34.8. The average Bonchev–Trinajstić information content (AvgIpc) is 3.23. The van der Waals surface area contributed by atoms with E-state index in [4.69, 9.17) is 18.9 Å². The number of rotatable bonds is 26. The third-order valence-electron chi connectivity index (χ3n) is 9.69. The van der Waals surface area contributed by atoms with E-state index in [-0.39, 0.29) is 81.5 Å². The summed E-state index contributed by atoms with van der Waals surface area (Å²) in [4.78, 5) is 65.6. The molecule has 0 bridgehead atoms. The lowest BCUT2D eigenvalue weighted by Crippen LogP contribution is -2.45. The first kappa shape index (κ1) is 47.3. The molecule has 0 saturated heterocycles. The van der Waals surface area contributed by atoms with Crippen LogP contribution in [0.25, 0.3) is 0 Å². The van der Waals surface area contributed by atoms with Crippen molar-refractivity contribution in [1.29, 1.82) is 0 Å². The first-order valence-electron chi connectivity index (χ1n) is 20.5. The van der Waals surface area contributed by atoms with Gasteiger partial charge in [0.1, 0.15) is 11.8 Å². The second kappa shape index (κ2) is 25.9. The zero-order valence-corrected chi connectivity index (χ0v) is 34.8. The molecule has 0 aliphatic carbocycles. The van der Waals surface area contributed by atoms with Gasteiger partial charge in [-0.15, -0.1) is 0 Å². The summed E-state index contributed by atoms with van der Waals surface area (Å²) < 4.78 is 22.1. The highest BCUT2D eigenvalue weighted by molar-refractivity contribution is 5.98. The van der Waals surface area contributed by atoms with Crippen molar-refractivity contribution in [3.8, 4) is 11.8 Å². The highest BCUT2D eigenvalue weighted by Gasteiger charge is 2.28. The molecule has 14 heteroatoms. The Kier molecular flexibility index (Phi) is 20.4. The fourth-order valence-corrected chi connectivity index (χ4v) is 6.16. The Labute approximate surface area is 352 Å². The summed E-state index contributed by atoms with van der Waals surface area (Å²) in [6.45, 7) is 8.22. The number of nitrogens with zero attached hydrogens (tertiary/aromatic N) is 1. The number of hydrogen-bond acceptors (Lipinski definition) is 10. The van der Waals surface area contributed by atoms with Crippen LogP contribution >= 0.6 is 0 Å². The summed E-state index contributed by atoms with van der Waals surface area (Å²) in [6, 6.07) is 21.3. The number of hydrogen-bond donors (Lipinski definition) is 4. The quantitative estimate of drug-likeness (QED) is 0.0678. The molecule has 60 heavy (non-hydrogen) atoms. The summed E-state index contributed by atoms with van der Waals surface area (Å²) in [7, 11) is 0. The SMILES string of the molecule is CC(C)[C@H](CC(=O)CCOCCOCCOCCOCCC(=O)NCCC(=O)N1Cc2ccccc2C#Cc2ccccc21)C(=O)N[C@@H](C)C(=O)Nc1ccc(CO)cc1. The Morgan fingerprint density at radius 2 is 1.28 bits per heavy atom. The van der Waals surface area contributed by atoms with Gasteiger partial charge in [0.05, 0.1) is 71.7 Å². The second-order valence-electron chi connectivity index (χ2n) is 14.6. The summed E-state index contributed by atoms with van der Waals surface area (Å²) in [5.74, 6) is 4.53. The van der Waals surface area contributed by atoms with Crippen LogP contribution in [-0.4, -0.2) is 100.0 Å². The van der Waals surface area contributed by atoms with Crippen LogP contribution in [0.2, 0.25) is 0 Å². The van der Waals surface area contributed by atoms with Crippen LogP contribution in [0.5, 0.6) is 0 Å². The lowest BCUT2D eigenvalue weighted by Gasteiger charge is -2.26. The predicted octanol–water partition coefficient (Wildman–Crippen LogP) is 4.15. The molecule has 4 rings (SSSR count). The van der Waals surface area contributed by atoms with Gasteiger partial charge in [-0.05, 0) is 54.3 Å². The van der Waals surface area contributed by atoms with Gasteiger partial charge in [-0.3, -0.25) is 24.0 Å². The number of anilines is 2. The molecule has 1 heterocycles. The maximum Gasteiger partial charge on any atom is 0.246 e. The first-order valence-corrected chi connectivity index (χ1v) is 20.5. The summed E-state index contributed by atoms with van der Waals surface area (Å²) in [6.07, 6.45) is 0.505. The molecule has 4 N–H and O–H groups in total. The largest absolute Gasteiger partial charge is 0.392 e. The molecular weight excluding hydrogens is 769 g/mol. The standard InChI is InChI=1S/C46H58N4O10/c1-33(2)41(46(56)48-34(3)45(55)49-39-16-12-35(32-51)13-17-39)30-40(52)19-22-57-24-26-59-28-29-60-27-25-58-23-20-43(53)47-21-18-44(54)50-31-38-10-5-4-8-36(38)14-15-37-9-6-7-11-42(37)50/h4-13,16-17,33-34,41,51H,18-32H2,1-3H3,(H,47,53)(H,48,56)(H,49,55)/t34-,41-/m0/s1. The number of nitrogens with one attached hydrogen (secondary N) is 3. The monoisotopic (exact) mass is 826 g/mol. The van der Waals surface area contributed by atoms with E-state index < -0.39 is 17.9 Å². The normalized spacial score (nSPS) is 12.8. The van der Waals surface area contributed by atoms with Crippen molar-refractivity contribution in [1.82, 2.24) is 10.6 Å². The van der Waals surface area contributed by atoms with Gasteiger partial charge in [-0.2, -0.15) is 0 Å². The van der Waals surface area contributed by atoms with Gasteiger partial charge in [0.2, 0.25) is 23.6 Å². The smallest absolute Gasteiger partial charge is 0.246 e. The minimum Gasteiger partial charge on any atom is -0.392 e. The fraction of sp³-hybridized carbons (Fsp3) is 0.457. The average molecular weight is 827 g/mol. The molecule has 0 unspecified atom stereocenters. The van der Waals surface area contributed by atoms with E-state index in [1.54, 1.807) is 36.1 Å². The third-order valence-corrected chi connectivity index (χ3v) is 9.69. The minimum atomic E-state index is -0.813. The third kappa shape index (κ3) is 16.3. The van der Waals surface area contributed by atoms with Crippen molar-refractivity contribution >= 4 is 40.8 Å². The van der Waals surface area contributed by atoms with Gasteiger partial charge in [0.15, 0.2) is 0 Å². The van der Waals surface area contributed by atoms with Crippen molar-refractivity contribution in [2.75, 3.05) is 69.6 Å². The molecule has 0 spiro atoms. The number of fused-ring (bicyclic) bond motifs is 2. The summed E-state index contributed by atoms with van der Waals surface area (Å²) in [5.41, 5.74) is 4.66. The minimum absolute atomic E-state index is 0.0409. The van der Waals surface area contributed by atoms with Gasteiger partial charge in [-0.25, -0.2) is 0 Å². The molecule has 2 atom stereocenters. The number of amides is 4. The molecule has 14 nitrogen and oxygen atoms in total. The number of carbonyl (C=O) groups excluding carboxylic acids is 5. The number of carbonyl (C=O) groups is 5. The van der Waals surface area contributed by atoms with Gasteiger partial charge in [0.25, 0.3) is 0 Å². The fourth-order valence-electron chi connectivity index (χ4n) is 6.16. The van der Waals surface area contributed by atoms with Crippen LogP contribution in [0, 0.1) is 23.7 Å². The predicted molar refractivity (Wildman–Crippen MR) is 227 cm³/mol. The van der Waals surface area contributed by atoms with Gasteiger partial charge < -0.3 is 44.9 Å². The van der Waals surface area contributed by atoms with Crippen molar-refractivity contribution in [2.24, 2.45) is 11.8 Å². The van der Waals surface area contributed by atoms with E-state index in [2.05, 4.69) is 27.8 Å². The molecular formula is C46H58N4O10. The number of para-hydroxylation sites is 1. The van der Waals surface area contributed by atoms with Crippen molar-refractivity contribution in [3.63, 3.8) is 0 Å². The molecule has 3 aromatic carbocycles. The molecule has 1 aliphatic heterocycles. The van der Waals surface area contributed by atoms with Crippen molar-refractivity contribution in [3.05, 3.63) is 95.1 Å². The molecule has 0 saturated carbocycles. The van der Waals surface area contributed by atoms with Crippen molar-refractivity contribution < 1.29 is 48.0 Å². The maximum atomic E-state index is 13.3. The number of ether oxygens (including phenoxy) is 4. The van der Waals surface area contributed by atoms with Crippen LogP contribution in [0.3, 0.4) is 0 Å². The summed E-state index contributed by atoms with van der Waals surface area (Å²) in [5, 5.41) is 17.4. The van der Waals surface area contributed by atoms with Crippen LogP contribution in [0.1, 0.15) is 68.7 Å². The lowest BCUT2D eigenvalue weighted by molar-refractivity contribution is -0.133. The Bertz CT molecular complexity index is 1920. The highest BCUT2D eigenvalue weighted by atomic mass is 16.6. The summed E-state index contributed by atoms with van der Waals surface area (Å²) >= 11 is 0. The number of benzene rings is 3. The Morgan fingerprint density at radius 1 is 0.700 bits per heavy atom. The van der Waals surface area contributed by atoms with Gasteiger partial charge in [-0.1, -0.05) is 68.2 Å². The van der Waals surface area contributed by atoms with Crippen LogP contribution in [-0.2, 0) is 56.1 Å². The number of aliphatic hydroxyl groups excluding tert-OH is 1. The van der Waals surface area contributed by atoms with Gasteiger partial charge >= 0.3 is 0 Å². The first-order chi connectivity index (χ1) is 29.0. The highest BCUT2D eigenvalue weighted by Crippen LogP contribution is 2.26. The van der Waals surface area contributed by atoms with Crippen LogP contribution in [0.4, 0.5) is 11.4 Å². The second-order valence-corrected chi connectivity index (χ2v) is 14.6. The molecule has 0 radical (unpaired) electrons. The van der Waals surface area contributed by atoms with E-state index >= 15 is 0 Å². The maximum absolute atomic E-state index is 13.3. The number of Topliss-reactive ketones (excluding diaryl/α,β-unsaturated/α-hetero) is 1. The zero-order chi connectivity index (χ0) is 43.1. The van der Waals surface area contributed by atoms with Gasteiger partial charge in [0, 0.05) is 55.0 Å². The Hall–Kier alpha value is -5.43. The Balaban J connectivity index is 0.968. The molecule has 4 amide bonds. The van der Waals surface area contributed by atoms with E-state index in [9.17, 15) is 29.1 Å². The lowest BCUT2D eigenvalue weighted by atomic mass is 9.89.